The molecular weight excluding hydrogens is 369 g/mol. The Morgan fingerprint density at radius 1 is 1.25 bits per heavy atom. The molecular formula is C16H19Cl2N3O2S. The molecule has 1 aliphatic rings. The molecule has 0 N–H and O–H groups in total. The first kappa shape index (κ1) is 19.0. The molecule has 0 unspecified atom stereocenters. The SMILES string of the molecule is CC(=O)c1sc(=Nc2ccc(Cl)cc2)n(N2CCOCC2)c1C.Cl. The monoisotopic (exact) mass is 387 g/mol. The number of ether oxygens (including phenoxy) is 1. The van der Waals surface area contributed by atoms with Crippen LogP contribution in [0.4, 0.5) is 5.69 Å². The van der Waals surface area contributed by atoms with Gasteiger partial charge in [-0.15, -0.1) is 12.4 Å². The first-order valence-corrected chi connectivity index (χ1v) is 8.62. The van der Waals surface area contributed by atoms with E-state index in [1.807, 2.05) is 35.9 Å². The molecule has 8 heteroatoms. The van der Waals surface area contributed by atoms with Crippen molar-refractivity contribution < 1.29 is 9.53 Å². The van der Waals surface area contributed by atoms with Gasteiger partial charge < -0.3 is 9.75 Å². The van der Waals surface area contributed by atoms with Gasteiger partial charge in [-0.3, -0.25) is 4.79 Å². The van der Waals surface area contributed by atoms with Crippen molar-refractivity contribution in [3.8, 4) is 0 Å². The minimum absolute atomic E-state index is 0. The second kappa shape index (κ2) is 8.16. The molecule has 130 valence electrons. The zero-order chi connectivity index (χ0) is 16.4. The standard InChI is InChI=1S/C16H18ClN3O2S.ClH/c1-11-15(12(2)21)23-16(18-14-5-3-13(17)4-6-14)20(11)19-7-9-22-10-8-19;/h3-6H,7-10H2,1-2H3;1H. The lowest BCUT2D eigenvalue weighted by atomic mass is 10.3. The Bertz CT molecular complexity index is 778. The summed E-state index contributed by atoms with van der Waals surface area (Å²) in [5, 5.41) is 2.85. The summed E-state index contributed by atoms with van der Waals surface area (Å²) in [4.78, 5) is 18.1. The van der Waals surface area contributed by atoms with E-state index in [9.17, 15) is 4.79 Å². The molecule has 0 aliphatic carbocycles. The van der Waals surface area contributed by atoms with Gasteiger partial charge >= 0.3 is 0 Å². The Kier molecular flexibility index (Phi) is 6.46. The Balaban J connectivity index is 0.00000208. The average molecular weight is 388 g/mol. The van der Waals surface area contributed by atoms with Gasteiger partial charge in [0, 0.05) is 11.9 Å². The highest BCUT2D eigenvalue weighted by Crippen LogP contribution is 2.18. The molecule has 3 rings (SSSR count). The maximum Gasteiger partial charge on any atom is 0.209 e. The third-order valence-corrected chi connectivity index (χ3v) is 5.15. The number of rotatable bonds is 3. The van der Waals surface area contributed by atoms with Crippen LogP contribution in [0.5, 0.6) is 0 Å². The first-order chi connectivity index (χ1) is 11.1. The Hall–Kier alpha value is -1.34. The number of carbonyl (C=O) groups is 1. The van der Waals surface area contributed by atoms with Gasteiger partial charge in [0.15, 0.2) is 5.78 Å². The zero-order valence-corrected chi connectivity index (χ0v) is 15.9. The van der Waals surface area contributed by atoms with Crippen molar-refractivity contribution in [1.29, 1.82) is 0 Å². The summed E-state index contributed by atoms with van der Waals surface area (Å²) < 4.78 is 7.46. The molecule has 0 amide bonds. The van der Waals surface area contributed by atoms with Crippen molar-refractivity contribution in [1.82, 2.24) is 4.68 Å². The van der Waals surface area contributed by atoms with E-state index in [2.05, 4.69) is 5.01 Å². The van der Waals surface area contributed by atoms with Gasteiger partial charge in [-0.2, -0.15) is 0 Å². The van der Waals surface area contributed by atoms with Crippen molar-refractivity contribution in [2.24, 2.45) is 4.99 Å². The van der Waals surface area contributed by atoms with Crippen molar-refractivity contribution >= 4 is 46.8 Å². The number of halogens is 2. The van der Waals surface area contributed by atoms with Crippen molar-refractivity contribution in [2.45, 2.75) is 13.8 Å². The summed E-state index contributed by atoms with van der Waals surface area (Å²) in [6.45, 7) is 6.47. The van der Waals surface area contributed by atoms with Gasteiger partial charge in [0.2, 0.25) is 4.80 Å². The van der Waals surface area contributed by atoms with Gasteiger partial charge in [0.25, 0.3) is 0 Å². The highest BCUT2D eigenvalue weighted by molar-refractivity contribution is 7.11. The van der Waals surface area contributed by atoms with Crippen molar-refractivity contribution in [3.05, 3.63) is 44.7 Å². The second-order valence-electron chi connectivity index (χ2n) is 5.32. The largest absolute Gasteiger partial charge is 0.378 e. The van der Waals surface area contributed by atoms with Gasteiger partial charge in [-0.05, 0) is 31.2 Å². The van der Waals surface area contributed by atoms with Gasteiger partial charge in [0.05, 0.1) is 42.6 Å². The maximum absolute atomic E-state index is 11.9. The molecule has 5 nitrogen and oxygen atoms in total. The summed E-state index contributed by atoms with van der Waals surface area (Å²) in [5.74, 6) is 0.0621. The number of carbonyl (C=O) groups excluding carboxylic acids is 1. The summed E-state index contributed by atoms with van der Waals surface area (Å²) >= 11 is 7.35. The molecule has 1 fully saturated rings. The lowest BCUT2D eigenvalue weighted by Crippen LogP contribution is -2.48. The topological polar surface area (TPSA) is 46.8 Å². The number of nitrogens with zero attached hydrogens (tertiary/aromatic N) is 3. The number of hydrogen-bond acceptors (Lipinski definition) is 5. The van der Waals surface area contributed by atoms with E-state index >= 15 is 0 Å². The van der Waals surface area contributed by atoms with E-state index in [-0.39, 0.29) is 18.2 Å². The van der Waals surface area contributed by atoms with E-state index < -0.39 is 0 Å². The van der Waals surface area contributed by atoms with Crippen LogP contribution in [0, 0.1) is 6.92 Å². The Labute approximate surface area is 155 Å². The Morgan fingerprint density at radius 2 is 1.88 bits per heavy atom. The molecule has 24 heavy (non-hydrogen) atoms. The molecule has 1 aliphatic heterocycles. The maximum atomic E-state index is 11.9. The number of hydrogen-bond donors (Lipinski definition) is 0. The number of benzene rings is 1. The van der Waals surface area contributed by atoms with Crippen molar-refractivity contribution in [2.75, 3.05) is 31.3 Å². The lowest BCUT2D eigenvalue weighted by molar-refractivity contribution is 0.101. The van der Waals surface area contributed by atoms with Crippen LogP contribution in [0.2, 0.25) is 5.02 Å². The number of thiazole rings is 1. The number of morpholine rings is 1. The molecule has 0 atom stereocenters. The fraction of sp³-hybridized carbons (Fsp3) is 0.375. The van der Waals surface area contributed by atoms with Crippen LogP contribution >= 0.6 is 35.3 Å². The van der Waals surface area contributed by atoms with Crippen LogP contribution in [0.15, 0.2) is 29.3 Å². The number of aromatic nitrogens is 1. The molecule has 0 saturated carbocycles. The Morgan fingerprint density at radius 3 is 2.46 bits per heavy atom. The molecule has 1 aromatic heterocycles. The van der Waals surface area contributed by atoms with Crippen LogP contribution in [-0.2, 0) is 4.74 Å². The number of ketones is 1. The molecule has 0 bridgehead atoms. The first-order valence-electron chi connectivity index (χ1n) is 7.43. The van der Waals surface area contributed by atoms with Crippen LogP contribution in [-0.4, -0.2) is 36.8 Å². The molecule has 1 saturated heterocycles. The van der Waals surface area contributed by atoms with E-state index in [1.54, 1.807) is 6.92 Å². The fourth-order valence-electron chi connectivity index (χ4n) is 2.56. The summed E-state index contributed by atoms with van der Waals surface area (Å²) in [6.07, 6.45) is 0. The second-order valence-corrected chi connectivity index (χ2v) is 6.74. The summed E-state index contributed by atoms with van der Waals surface area (Å²) in [7, 11) is 0. The van der Waals surface area contributed by atoms with Gasteiger partial charge in [0.1, 0.15) is 0 Å². The van der Waals surface area contributed by atoms with Crippen molar-refractivity contribution in [3.63, 3.8) is 0 Å². The van der Waals surface area contributed by atoms with Crippen LogP contribution in [0.3, 0.4) is 0 Å². The fourth-order valence-corrected chi connectivity index (χ4v) is 3.73. The quantitative estimate of drug-likeness (QED) is 0.758. The van der Waals surface area contributed by atoms with Crippen LogP contribution < -0.4 is 9.81 Å². The lowest BCUT2D eigenvalue weighted by Gasteiger charge is -2.30. The molecule has 0 radical (unpaired) electrons. The highest BCUT2D eigenvalue weighted by Gasteiger charge is 2.19. The normalized spacial score (nSPS) is 15.3. The molecule has 2 heterocycles. The summed E-state index contributed by atoms with van der Waals surface area (Å²) in [5.41, 5.74) is 1.74. The van der Waals surface area contributed by atoms with Crippen LogP contribution in [0.25, 0.3) is 0 Å². The minimum atomic E-state index is 0. The summed E-state index contributed by atoms with van der Waals surface area (Å²) in [6, 6.07) is 7.36. The van der Waals surface area contributed by atoms with Gasteiger partial charge in [-0.1, -0.05) is 22.9 Å². The predicted octanol–water partition coefficient (Wildman–Crippen LogP) is 3.34. The minimum Gasteiger partial charge on any atom is -0.378 e. The molecule has 0 spiro atoms. The van der Waals surface area contributed by atoms with E-state index in [1.165, 1.54) is 11.3 Å². The highest BCUT2D eigenvalue weighted by atomic mass is 35.5. The van der Waals surface area contributed by atoms with E-state index in [0.717, 1.165) is 34.1 Å². The smallest absolute Gasteiger partial charge is 0.209 e. The molecule has 1 aromatic carbocycles. The molecule has 2 aromatic rings. The third kappa shape index (κ3) is 4.00. The van der Waals surface area contributed by atoms with E-state index in [0.29, 0.717) is 18.2 Å². The number of Topliss-reactive ketones (excluding diaryl/α,β-unsaturated/α-hetero) is 1. The predicted molar refractivity (Wildman–Crippen MR) is 99.7 cm³/mol. The van der Waals surface area contributed by atoms with E-state index in [4.69, 9.17) is 21.3 Å². The van der Waals surface area contributed by atoms with Gasteiger partial charge in [-0.25, -0.2) is 9.67 Å². The zero-order valence-electron chi connectivity index (χ0n) is 13.5. The van der Waals surface area contributed by atoms with Crippen LogP contribution in [0.1, 0.15) is 22.3 Å². The third-order valence-electron chi connectivity index (χ3n) is 3.66. The average Bonchev–Trinajstić information content (AvgIpc) is 2.87.